The molecule has 1 aliphatic rings. The van der Waals surface area contributed by atoms with Crippen LogP contribution in [0.4, 0.5) is 0 Å². The van der Waals surface area contributed by atoms with Gasteiger partial charge in [0.25, 0.3) is 0 Å². The summed E-state index contributed by atoms with van der Waals surface area (Å²) < 4.78 is 10.8. The fourth-order valence-corrected chi connectivity index (χ4v) is 3.42. The molecule has 1 amide bonds. The number of nitrogens with zero attached hydrogens (tertiary/aromatic N) is 1. The highest BCUT2D eigenvalue weighted by Crippen LogP contribution is 2.33. The molecule has 0 unspecified atom stereocenters. The van der Waals surface area contributed by atoms with Crippen molar-refractivity contribution in [2.75, 3.05) is 20.8 Å². The number of nitrogens with one attached hydrogen (secondary N) is 1. The molecule has 134 valence electrons. The summed E-state index contributed by atoms with van der Waals surface area (Å²) in [6.07, 6.45) is 1.93. The number of amides is 1. The second-order valence-electron chi connectivity index (χ2n) is 6.77. The Balaban J connectivity index is 2.17. The van der Waals surface area contributed by atoms with E-state index in [1.807, 2.05) is 17.0 Å². The van der Waals surface area contributed by atoms with Gasteiger partial charge in [0.1, 0.15) is 0 Å². The predicted octanol–water partition coefficient (Wildman–Crippen LogP) is 3.06. The molecule has 0 saturated carbocycles. The third kappa shape index (κ3) is 3.83. The van der Waals surface area contributed by atoms with Crippen LogP contribution in [0.15, 0.2) is 12.1 Å². The lowest BCUT2D eigenvalue weighted by atomic mass is 9.98. The molecule has 0 radical (unpaired) electrons. The van der Waals surface area contributed by atoms with Gasteiger partial charge in [0.05, 0.1) is 20.3 Å². The fraction of sp³-hybridized carbons (Fsp3) is 0.632. The standard InChI is InChI=1S/C19H30N2O3/c1-12(2)21-9-7-8-16(19(21)22)20-14(4)15-11-18(24-6)17(23-5)10-13(15)3/h10-12,14,16,20H,7-9H2,1-6H3/t14-,16-/m0/s1. The van der Waals surface area contributed by atoms with E-state index in [1.54, 1.807) is 14.2 Å². The van der Waals surface area contributed by atoms with Crippen LogP contribution in [0.2, 0.25) is 0 Å². The SMILES string of the molecule is COc1cc(C)c([C@H](C)N[C@H]2CCCN(C(C)C)C2=O)cc1OC. The summed E-state index contributed by atoms with van der Waals surface area (Å²) in [5.41, 5.74) is 2.25. The maximum absolute atomic E-state index is 12.7. The third-order valence-electron chi connectivity index (χ3n) is 4.79. The number of rotatable bonds is 6. The minimum absolute atomic E-state index is 0.0610. The van der Waals surface area contributed by atoms with Crippen molar-refractivity contribution in [3.05, 3.63) is 23.3 Å². The van der Waals surface area contributed by atoms with Crippen molar-refractivity contribution in [3.8, 4) is 11.5 Å². The quantitative estimate of drug-likeness (QED) is 0.869. The zero-order valence-corrected chi connectivity index (χ0v) is 15.7. The number of methoxy groups -OCH3 is 2. The summed E-state index contributed by atoms with van der Waals surface area (Å²) in [6.45, 7) is 9.15. The van der Waals surface area contributed by atoms with Crippen molar-refractivity contribution < 1.29 is 14.3 Å². The third-order valence-corrected chi connectivity index (χ3v) is 4.79. The van der Waals surface area contributed by atoms with Crippen LogP contribution in [0.3, 0.4) is 0 Å². The highest BCUT2D eigenvalue weighted by molar-refractivity contribution is 5.83. The Hall–Kier alpha value is -1.75. The van der Waals surface area contributed by atoms with E-state index in [4.69, 9.17) is 9.47 Å². The van der Waals surface area contributed by atoms with Crippen LogP contribution in [0, 0.1) is 6.92 Å². The molecular formula is C19H30N2O3. The molecule has 0 aromatic heterocycles. The van der Waals surface area contributed by atoms with Gasteiger partial charge in [0, 0.05) is 18.6 Å². The van der Waals surface area contributed by atoms with Crippen molar-refractivity contribution >= 4 is 5.91 Å². The highest BCUT2D eigenvalue weighted by Gasteiger charge is 2.31. The molecular weight excluding hydrogens is 304 g/mol. The monoisotopic (exact) mass is 334 g/mol. The van der Waals surface area contributed by atoms with E-state index in [0.717, 1.165) is 36.3 Å². The molecule has 1 aliphatic heterocycles. The lowest BCUT2D eigenvalue weighted by molar-refractivity contribution is -0.138. The first-order valence-electron chi connectivity index (χ1n) is 8.68. The number of carbonyl (C=O) groups excluding carboxylic acids is 1. The number of ether oxygens (including phenoxy) is 2. The Labute approximate surface area is 145 Å². The second kappa shape index (κ2) is 7.88. The van der Waals surface area contributed by atoms with Gasteiger partial charge in [-0.3, -0.25) is 10.1 Å². The maximum atomic E-state index is 12.7. The van der Waals surface area contributed by atoms with Crippen LogP contribution in [0.5, 0.6) is 11.5 Å². The Kier molecular flexibility index (Phi) is 6.10. The molecule has 1 heterocycles. The van der Waals surface area contributed by atoms with Gasteiger partial charge in [-0.25, -0.2) is 0 Å². The molecule has 5 heteroatoms. The zero-order chi connectivity index (χ0) is 17.9. The molecule has 1 aromatic carbocycles. The first kappa shape index (κ1) is 18.6. The first-order valence-corrected chi connectivity index (χ1v) is 8.68. The van der Waals surface area contributed by atoms with Crippen molar-refractivity contribution in [1.82, 2.24) is 10.2 Å². The van der Waals surface area contributed by atoms with Gasteiger partial charge in [-0.2, -0.15) is 0 Å². The number of aryl methyl sites for hydroxylation is 1. The smallest absolute Gasteiger partial charge is 0.239 e. The van der Waals surface area contributed by atoms with E-state index in [1.165, 1.54) is 0 Å². The summed E-state index contributed by atoms with van der Waals surface area (Å²) in [4.78, 5) is 14.6. The van der Waals surface area contributed by atoms with E-state index in [2.05, 4.69) is 33.0 Å². The number of likely N-dealkylation sites (tertiary alicyclic amines) is 1. The molecule has 1 saturated heterocycles. The van der Waals surface area contributed by atoms with Crippen molar-refractivity contribution in [2.45, 2.75) is 58.7 Å². The average molecular weight is 334 g/mol. The number of piperidine rings is 1. The molecule has 2 atom stereocenters. The first-order chi connectivity index (χ1) is 11.4. The van der Waals surface area contributed by atoms with E-state index < -0.39 is 0 Å². The van der Waals surface area contributed by atoms with Crippen LogP contribution < -0.4 is 14.8 Å². The van der Waals surface area contributed by atoms with Gasteiger partial charge >= 0.3 is 0 Å². The lowest BCUT2D eigenvalue weighted by Gasteiger charge is -2.36. The number of hydrogen-bond acceptors (Lipinski definition) is 4. The van der Waals surface area contributed by atoms with Crippen molar-refractivity contribution in [3.63, 3.8) is 0 Å². The van der Waals surface area contributed by atoms with Gasteiger partial charge in [-0.1, -0.05) is 0 Å². The number of carbonyl (C=O) groups is 1. The van der Waals surface area contributed by atoms with Crippen LogP contribution >= 0.6 is 0 Å². The Morgan fingerprint density at radius 2 is 1.79 bits per heavy atom. The van der Waals surface area contributed by atoms with Gasteiger partial charge in [0.2, 0.25) is 5.91 Å². The van der Waals surface area contributed by atoms with E-state index >= 15 is 0 Å². The summed E-state index contributed by atoms with van der Waals surface area (Å²) in [5, 5.41) is 3.51. The van der Waals surface area contributed by atoms with E-state index in [-0.39, 0.29) is 24.0 Å². The summed E-state index contributed by atoms with van der Waals surface area (Å²) in [5.74, 6) is 1.65. The van der Waals surface area contributed by atoms with Crippen molar-refractivity contribution in [1.29, 1.82) is 0 Å². The Morgan fingerprint density at radius 3 is 2.38 bits per heavy atom. The van der Waals surface area contributed by atoms with Gasteiger partial charge in [-0.15, -0.1) is 0 Å². The average Bonchev–Trinajstić information content (AvgIpc) is 2.55. The van der Waals surface area contributed by atoms with Crippen LogP contribution in [-0.2, 0) is 4.79 Å². The maximum Gasteiger partial charge on any atom is 0.239 e. The molecule has 0 aliphatic carbocycles. The molecule has 5 nitrogen and oxygen atoms in total. The Bertz CT molecular complexity index is 586. The molecule has 0 bridgehead atoms. The second-order valence-corrected chi connectivity index (χ2v) is 6.77. The largest absolute Gasteiger partial charge is 0.493 e. The molecule has 2 rings (SSSR count). The number of benzene rings is 1. The van der Waals surface area contributed by atoms with Gasteiger partial charge in [-0.05, 0) is 63.8 Å². The van der Waals surface area contributed by atoms with Gasteiger partial charge < -0.3 is 14.4 Å². The van der Waals surface area contributed by atoms with Crippen LogP contribution in [0.25, 0.3) is 0 Å². The fourth-order valence-electron chi connectivity index (χ4n) is 3.42. The molecule has 0 spiro atoms. The minimum Gasteiger partial charge on any atom is -0.493 e. The molecule has 24 heavy (non-hydrogen) atoms. The molecule has 1 N–H and O–H groups in total. The number of hydrogen-bond donors (Lipinski definition) is 1. The van der Waals surface area contributed by atoms with E-state index in [0.29, 0.717) is 5.75 Å². The molecule has 1 fully saturated rings. The van der Waals surface area contributed by atoms with Crippen molar-refractivity contribution in [2.24, 2.45) is 0 Å². The predicted molar refractivity (Wildman–Crippen MR) is 95.7 cm³/mol. The normalized spacial score (nSPS) is 19.5. The summed E-state index contributed by atoms with van der Waals surface area (Å²) in [6, 6.07) is 4.17. The minimum atomic E-state index is -0.122. The van der Waals surface area contributed by atoms with Crippen LogP contribution in [-0.4, -0.2) is 43.7 Å². The summed E-state index contributed by atoms with van der Waals surface area (Å²) in [7, 11) is 3.28. The van der Waals surface area contributed by atoms with E-state index in [9.17, 15) is 4.79 Å². The molecule has 1 aromatic rings. The van der Waals surface area contributed by atoms with Crippen LogP contribution in [0.1, 0.15) is 50.8 Å². The topological polar surface area (TPSA) is 50.8 Å². The lowest BCUT2D eigenvalue weighted by Crippen LogP contribution is -2.53. The highest BCUT2D eigenvalue weighted by atomic mass is 16.5. The Morgan fingerprint density at radius 1 is 1.17 bits per heavy atom. The zero-order valence-electron chi connectivity index (χ0n) is 15.7. The summed E-state index contributed by atoms with van der Waals surface area (Å²) >= 11 is 0. The van der Waals surface area contributed by atoms with Gasteiger partial charge in [0.15, 0.2) is 11.5 Å².